The summed E-state index contributed by atoms with van der Waals surface area (Å²) in [7, 11) is 0. The molecule has 1 aliphatic heterocycles. The molecule has 0 amide bonds. The van der Waals surface area contributed by atoms with E-state index in [0.717, 1.165) is 11.5 Å². The highest BCUT2D eigenvalue weighted by Gasteiger charge is 2.52. The predicted molar refractivity (Wildman–Crippen MR) is 167 cm³/mol. The van der Waals surface area contributed by atoms with Gasteiger partial charge in [-0.25, -0.2) is 0 Å². The second-order valence-corrected chi connectivity index (χ2v) is 12.0. The van der Waals surface area contributed by atoms with Crippen LogP contribution >= 0.6 is 0 Å². The topological polar surface area (TPSA) is 9.23 Å². The summed E-state index contributed by atoms with van der Waals surface area (Å²) in [6.07, 6.45) is 0. The van der Waals surface area contributed by atoms with E-state index in [4.69, 9.17) is 4.74 Å². The quantitative estimate of drug-likeness (QED) is 0.208. The zero-order valence-electron chi connectivity index (χ0n) is 23.1. The fraction of sp³-hybridized carbons (Fsp3) is 0.100. The van der Waals surface area contributed by atoms with Crippen molar-refractivity contribution in [1.82, 2.24) is 0 Å². The summed E-state index contributed by atoms with van der Waals surface area (Å²) in [4.78, 5) is 0. The summed E-state index contributed by atoms with van der Waals surface area (Å²) in [5, 5.41) is 0. The third-order valence-electron chi connectivity index (χ3n) is 9.73. The second kappa shape index (κ2) is 7.86. The summed E-state index contributed by atoms with van der Waals surface area (Å²) in [6.45, 7) is 4.75. The Morgan fingerprint density at radius 3 is 1.44 bits per heavy atom. The maximum absolute atomic E-state index is 6.79. The van der Waals surface area contributed by atoms with Gasteiger partial charge in [0.15, 0.2) is 0 Å². The van der Waals surface area contributed by atoms with Gasteiger partial charge >= 0.3 is 0 Å². The Hall–Kier alpha value is -4.88. The van der Waals surface area contributed by atoms with E-state index in [0.29, 0.717) is 0 Å². The van der Waals surface area contributed by atoms with Crippen LogP contribution in [0.1, 0.15) is 47.2 Å². The molecule has 0 atom stereocenters. The molecule has 0 fully saturated rings. The van der Waals surface area contributed by atoms with Gasteiger partial charge in [-0.1, -0.05) is 135 Å². The lowest BCUT2D eigenvalue weighted by Crippen LogP contribution is -2.33. The van der Waals surface area contributed by atoms with Crippen molar-refractivity contribution in [2.24, 2.45) is 0 Å². The Kier molecular flexibility index (Phi) is 4.39. The molecule has 41 heavy (non-hydrogen) atoms. The molecule has 1 nitrogen and oxygen atoms in total. The van der Waals surface area contributed by atoms with Gasteiger partial charge in [0.25, 0.3) is 0 Å². The normalized spacial score (nSPS) is 15.7. The van der Waals surface area contributed by atoms with Crippen LogP contribution < -0.4 is 4.74 Å². The molecule has 1 spiro atoms. The van der Waals surface area contributed by atoms with E-state index in [1.165, 1.54) is 66.8 Å². The summed E-state index contributed by atoms with van der Waals surface area (Å²) in [6, 6.07) is 48.9. The van der Waals surface area contributed by atoms with Crippen molar-refractivity contribution in [3.05, 3.63) is 167 Å². The third kappa shape index (κ3) is 2.71. The Morgan fingerprint density at radius 1 is 0.366 bits per heavy atom. The molecule has 0 N–H and O–H groups in total. The van der Waals surface area contributed by atoms with Crippen molar-refractivity contribution >= 4 is 0 Å². The monoisotopic (exact) mass is 524 g/mol. The van der Waals surface area contributed by atoms with E-state index in [1.807, 2.05) is 0 Å². The lowest BCUT2D eigenvalue weighted by molar-refractivity contribution is 0.437. The molecule has 6 aromatic rings. The lowest BCUT2D eigenvalue weighted by Gasteiger charge is -2.41. The van der Waals surface area contributed by atoms with Crippen molar-refractivity contribution in [3.63, 3.8) is 0 Å². The summed E-state index contributed by atoms with van der Waals surface area (Å²) >= 11 is 0. The molecule has 9 rings (SSSR count). The van der Waals surface area contributed by atoms with E-state index in [-0.39, 0.29) is 5.41 Å². The van der Waals surface area contributed by atoms with Crippen molar-refractivity contribution in [3.8, 4) is 44.9 Å². The van der Waals surface area contributed by atoms with Crippen LogP contribution in [-0.2, 0) is 10.8 Å². The average Bonchev–Trinajstić information content (AvgIpc) is 3.44. The van der Waals surface area contributed by atoms with Crippen molar-refractivity contribution < 1.29 is 4.74 Å². The van der Waals surface area contributed by atoms with Crippen LogP contribution in [0.3, 0.4) is 0 Å². The number of benzene rings is 6. The Morgan fingerprint density at radius 2 is 0.780 bits per heavy atom. The first kappa shape index (κ1) is 22.9. The first-order chi connectivity index (χ1) is 20.1. The van der Waals surface area contributed by atoms with E-state index >= 15 is 0 Å². The van der Waals surface area contributed by atoms with Crippen molar-refractivity contribution in [2.45, 2.75) is 24.7 Å². The van der Waals surface area contributed by atoms with Gasteiger partial charge in [-0.15, -0.1) is 0 Å². The Balaban J connectivity index is 1.44. The zero-order chi connectivity index (χ0) is 27.3. The molecule has 3 aliphatic rings. The van der Waals surface area contributed by atoms with Gasteiger partial charge in [0.2, 0.25) is 0 Å². The van der Waals surface area contributed by atoms with Gasteiger partial charge in [-0.05, 0) is 67.8 Å². The third-order valence-corrected chi connectivity index (χ3v) is 9.73. The maximum atomic E-state index is 6.79. The molecule has 6 aromatic carbocycles. The molecule has 0 saturated carbocycles. The highest BCUT2D eigenvalue weighted by atomic mass is 16.5. The lowest BCUT2D eigenvalue weighted by atomic mass is 9.63. The number of hydrogen-bond donors (Lipinski definition) is 0. The number of rotatable bonds is 1. The van der Waals surface area contributed by atoms with E-state index in [2.05, 4.69) is 147 Å². The van der Waals surface area contributed by atoms with Gasteiger partial charge in [0, 0.05) is 16.5 Å². The maximum Gasteiger partial charge on any atom is 0.132 e. The van der Waals surface area contributed by atoms with Gasteiger partial charge < -0.3 is 4.74 Å². The van der Waals surface area contributed by atoms with E-state index in [1.54, 1.807) is 0 Å². The van der Waals surface area contributed by atoms with Gasteiger partial charge in [0.05, 0.1) is 5.41 Å². The van der Waals surface area contributed by atoms with Crippen LogP contribution in [0.2, 0.25) is 0 Å². The fourth-order valence-electron chi connectivity index (χ4n) is 8.21. The van der Waals surface area contributed by atoms with Crippen LogP contribution in [0.4, 0.5) is 0 Å². The van der Waals surface area contributed by atoms with E-state index in [9.17, 15) is 0 Å². The minimum Gasteiger partial charge on any atom is -0.457 e. The first-order valence-electron chi connectivity index (χ1n) is 14.5. The minimum absolute atomic E-state index is 0.128. The Labute approximate surface area is 240 Å². The predicted octanol–water partition coefficient (Wildman–Crippen LogP) is 10.1. The number of ether oxygens (including phenoxy) is 1. The Bertz CT molecular complexity index is 2020. The molecule has 1 heteroatoms. The van der Waals surface area contributed by atoms with Gasteiger partial charge in [-0.2, -0.15) is 0 Å². The molecule has 0 bridgehead atoms. The van der Waals surface area contributed by atoms with Crippen LogP contribution in [0, 0.1) is 0 Å². The molecule has 1 heterocycles. The number of hydrogen-bond acceptors (Lipinski definition) is 1. The van der Waals surface area contributed by atoms with Crippen LogP contribution in [0.5, 0.6) is 11.5 Å². The summed E-state index contributed by atoms with van der Waals surface area (Å²) in [5.74, 6) is 1.85. The smallest absolute Gasteiger partial charge is 0.132 e. The largest absolute Gasteiger partial charge is 0.457 e. The highest BCUT2D eigenvalue weighted by Crippen LogP contribution is 2.64. The molecular weight excluding hydrogens is 496 g/mol. The zero-order valence-corrected chi connectivity index (χ0v) is 23.1. The number of fused-ring (bicyclic) bond motifs is 12. The first-order valence-corrected chi connectivity index (χ1v) is 14.5. The molecular formula is C40H28O. The van der Waals surface area contributed by atoms with E-state index < -0.39 is 5.41 Å². The van der Waals surface area contributed by atoms with Crippen LogP contribution in [0.25, 0.3) is 33.4 Å². The highest BCUT2D eigenvalue weighted by molar-refractivity contribution is 5.94. The molecule has 0 saturated heterocycles. The van der Waals surface area contributed by atoms with Crippen molar-refractivity contribution in [1.29, 1.82) is 0 Å². The standard InChI is InChI=1S/C40H28O/c1-39(2)31-19-6-3-15-27(31)28-16-11-17-29(37(28)39)30-18-12-24-36-38(30)40(34-22-9-10-23-35(34)41-36)32-20-7-4-13-25(32)26-14-5-8-21-33(26)40/h3-24H,1-2H3. The van der Waals surface area contributed by atoms with Crippen LogP contribution in [0.15, 0.2) is 133 Å². The molecule has 0 aromatic heterocycles. The van der Waals surface area contributed by atoms with Crippen LogP contribution in [-0.4, -0.2) is 0 Å². The molecule has 194 valence electrons. The van der Waals surface area contributed by atoms with Crippen molar-refractivity contribution in [2.75, 3.05) is 0 Å². The van der Waals surface area contributed by atoms with Gasteiger partial charge in [-0.3, -0.25) is 0 Å². The number of para-hydroxylation sites is 1. The van der Waals surface area contributed by atoms with Gasteiger partial charge in [0.1, 0.15) is 11.5 Å². The summed E-state index contributed by atoms with van der Waals surface area (Å²) < 4.78 is 6.79. The second-order valence-electron chi connectivity index (χ2n) is 12.0. The molecule has 0 radical (unpaired) electrons. The molecule has 0 unspecified atom stereocenters. The minimum atomic E-state index is -0.494. The summed E-state index contributed by atoms with van der Waals surface area (Å²) in [5.41, 5.74) is 15.0. The SMILES string of the molecule is CC1(C)c2ccccc2-c2cccc(-c3cccc4c3C3(c5ccccc5O4)c4ccccc4-c4ccccc43)c21. The molecule has 2 aliphatic carbocycles. The average molecular weight is 525 g/mol. The fourth-order valence-corrected chi connectivity index (χ4v) is 8.21.